The first-order valence-corrected chi connectivity index (χ1v) is 11.7. The maximum atomic E-state index is 13.5. The fourth-order valence-corrected chi connectivity index (χ4v) is 4.58. The summed E-state index contributed by atoms with van der Waals surface area (Å²) in [6.45, 7) is 3.87. The van der Waals surface area contributed by atoms with E-state index in [2.05, 4.69) is 20.2 Å². The van der Waals surface area contributed by atoms with Gasteiger partial charge < -0.3 is 15.3 Å². The summed E-state index contributed by atoms with van der Waals surface area (Å²) >= 11 is 0. The van der Waals surface area contributed by atoms with E-state index in [1.54, 1.807) is 6.07 Å². The summed E-state index contributed by atoms with van der Waals surface area (Å²) in [5, 5.41) is 13.4. The first-order valence-electron chi connectivity index (χ1n) is 11.7. The molecule has 0 spiro atoms. The molecule has 1 saturated heterocycles. The molecule has 0 unspecified atom stereocenters. The quantitative estimate of drug-likeness (QED) is 0.600. The van der Waals surface area contributed by atoms with Crippen molar-refractivity contribution in [1.29, 1.82) is 0 Å². The molecule has 2 fully saturated rings. The average Bonchev–Trinajstić information content (AvgIpc) is 3.34. The van der Waals surface area contributed by atoms with Crippen molar-refractivity contribution in [3.63, 3.8) is 0 Å². The highest BCUT2D eigenvalue weighted by molar-refractivity contribution is 5.77. The fourth-order valence-electron chi connectivity index (χ4n) is 4.58. The van der Waals surface area contributed by atoms with Gasteiger partial charge in [0.25, 0.3) is 0 Å². The molecule has 0 amide bonds. The van der Waals surface area contributed by atoms with Crippen LogP contribution in [0, 0.1) is 12.7 Å². The zero-order valence-corrected chi connectivity index (χ0v) is 18.8. The number of aliphatic hydroxyl groups is 1. The number of nitrogens with zero attached hydrogens (tertiary/aromatic N) is 5. The van der Waals surface area contributed by atoms with E-state index in [1.807, 2.05) is 25.1 Å². The summed E-state index contributed by atoms with van der Waals surface area (Å²) in [5.74, 6) is 2.03. The number of aryl methyl sites for hydroxylation is 1. The Balaban J connectivity index is 1.43. The van der Waals surface area contributed by atoms with Gasteiger partial charge in [-0.1, -0.05) is 0 Å². The van der Waals surface area contributed by atoms with Gasteiger partial charge in [0.1, 0.15) is 17.5 Å². The Morgan fingerprint density at radius 3 is 2.55 bits per heavy atom. The minimum atomic E-state index is -0.320. The lowest BCUT2D eigenvalue weighted by atomic mass is 9.93. The Hall–Kier alpha value is -3.13. The highest BCUT2D eigenvalue weighted by atomic mass is 19.1. The third-order valence-corrected chi connectivity index (χ3v) is 6.44. The smallest absolute Gasteiger partial charge is 0.156 e. The van der Waals surface area contributed by atoms with Gasteiger partial charge in [-0.05, 0) is 69.7 Å². The lowest BCUT2D eigenvalue weighted by Crippen LogP contribution is -2.29. The molecule has 0 bridgehead atoms. The third kappa shape index (κ3) is 5.11. The Morgan fingerprint density at radius 2 is 1.76 bits per heavy atom. The van der Waals surface area contributed by atoms with Crippen molar-refractivity contribution in [2.24, 2.45) is 0 Å². The molecule has 8 heteroatoms. The number of anilines is 2. The lowest BCUT2D eigenvalue weighted by molar-refractivity contribution is 0.126. The third-order valence-electron chi connectivity index (χ3n) is 6.44. The Labute approximate surface area is 192 Å². The van der Waals surface area contributed by atoms with Crippen LogP contribution in [0.25, 0.3) is 23.2 Å². The highest BCUT2D eigenvalue weighted by Gasteiger charge is 2.21. The molecule has 3 aromatic rings. The number of aromatic nitrogens is 4. The van der Waals surface area contributed by atoms with E-state index in [9.17, 15) is 9.50 Å². The molecule has 2 N–H and O–H groups in total. The van der Waals surface area contributed by atoms with E-state index in [-0.39, 0.29) is 11.9 Å². The number of rotatable bonds is 5. The second-order valence-corrected chi connectivity index (χ2v) is 8.97. The molecule has 2 aromatic heterocycles. The molecule has 1 aliphatic carbocycles. The maximum absolute atomic E-state index is 13.5. The molecular weight excluding hydrogens is 419 g/mol. The summed E-state index contributed by atoms with van der Waals surface area (Å²) in [5.41, 5.74) is 2.62. The molecule has 2 aliphatic rings. The van der Waals surface area contributed by atoms with E-state index >= 15 is 0 Å². The molecule has 33 heavy (non-hydrogen) atoms. The van der Waals surface area contributed by atoms with E-state index < -0.39 is 0 Å². The normalized spacial score (nSPS) is 21.2. The van der Waals surface area contributed by atoms with E-state index in [0.717, 1.165) is 56.1 Å². The van der Waals surface area contributed by atoms with Gasteiger partial charge in [-0.15, -0.1) is 0 Å². The molecule has 5 rings (SSSR count). The van der Waals surface area contributed by atoms with Crippen LogP contribution in [0.4, 0.5) is 16.0 Å². The fraction of sp³-hybridized carbons (Fsp3) is 0.440. The van der Waals surface area contributed by atoms with Crippen molar-refractivity contribution in [2.75, 3.05) is 23.3 Å². The average molecular weight is 449 g/mol. The minimum absolute atomic E-state index is 0.185. The van der Waals surface area contributed by atoms with Crippen LogP contribution in [0.2, 0.25) is 0 Å². The van der Waals surface area contributed by atoms with Crippen LogP contribution in [-0.4, -0.2) is 50.3 Å². The van der Waals surface area contributed by atoms with Crippen molar-refractivity contribution in [2.45, 2.75) is 57.6 Å². The Bertz CT molecular complexity index is 1170. The second kappa shape index (κ2) is 9.39. The highest BCUT2D eigenvalue weighted by Crippen LogP contribution is 2.25. The van der Waals surface area contributed by atoms with Crippen molar-refractivity contribution < 1.29 is 9.50 Å². The van der Waals surface area contributed by atoms with Crippen LogP contribution in [0.5, 0.6) is 0 Å². The minimum Gasteiger partial charge on any atom is -0.393 e. The van der Waals surface area contributed by atoms with Crippen LogP contribution < -0.4 is 10.2 Å². The zero-order valence-electron chi connectivity index (χ0n) is 18.8. The van der Waals surface area contributed by atoms with E-state index in [1.165, 1.54) is 25.0 Å². The number of fused-ring (bicyclic) bond motifs is 1. The summed E-state index contributed by atoms with van der Waals surface area (Å²) in [7, 11) is 0. The largest absolute Gasteiger partial charge is 0.393 e. The number of aliphatic hydroxyl groups excluding tert-OH is 1. The summed E-state index contributed by atoms with van der Waals surface area (Å²) in [4.78, 5) is 21.0. The van der Waals surface area contributed by atoms with Gasteiger partial charge in [0.05, 0.1) is 28.5 Å². The van der Waals surface area contributed by atoms with Crippen molar-refractivity contribution in [1.82, 2.24) is 19.9 Å². The molecule has 1 aromatic carbocycles. The maximum Gasteiger partial charge on any atom is 0.156 e. The van der Waals surface area contributed by atoms with Crippen molar-refractivity contribution in [3.05, 3.63) is 47.3 Å². The first-order chi connectivity index (χ1) is 16.0. The van der Waals surface area contributed by atoms with Crippen LogP contribution in [-0.2, 0) is 0 Å². The Morgan fingerprint density at radius 1 is 0.970 bits per heavy atom. The van der Waals surface area contributed by atoms with Crippen LogP contribution >= 0.6 is 0 Å². The predicted molar refractivity (Wildman–Crippen MR) is 129 cm³/mol. The lowest BCUT2D eigenvalue weighted by Gasteiger charge is -2.27. The van der Waals surface area contributed by atoms with E-state index in [0.29, 0.717) is 28.6 Å². The van der Waals surface area contributed by atoms with Crippen molar-refractivity contribution >= 4 is 34.8 Å². The number of hydrogen-bond acceptors (Lipinski definition) is 7. The van der Waals surface area contributed by atoms with Crippen LogP contribution in [0.15, 0.2) is 24.3 Å². The predicted octanol–water partition coefficient (Wildman–Crippen LogP) is 4.35. The topological polar surface area (TPSA) is 87.1 Å². The molecule has 0 atom stereocenters. The van der Waals surface area contributed by atoms with Gasteiger partial charge in [-0.2, -0.15) is 0 Å². The molecule has 3 heterocycles. The summed E-state index contributed by atoms with van der Waals surface area (Å²) < 4.78 is 13.5. The van der Waals surface area contributed by atoms with Gasteiger partial charge in [-0.25, -0.2) is 24.3 Å². The van der Waals surface area contributed by atoms with Gasteiger partial charge in [0.2, 0.25) is 0 Å². The van der Waals surface area contributed by atoms with Crippen molar-refractivity contribution in [3.8, 4) is 0 Å². The van der Waals surface area contributed by atoms with Crippen LogP contribution in [0.3, 0.4) is 0 Å². The second-order valence-electron chi connectivity index (χ2n) is 8.97. The van der Waals surface area contributed by atoms with Crippen LogP contribution in [0.1, 0.15) is 55.7 Å². The summed E-state index contributed by atoms with van der Waals surface area (Å²) in [6, 6.07) is 6.77. The van der Waals surface area contributed by atoms with Gasteiger partial charge >= 0.3 is 0 Å². The molecular formula is C25H29FN6O. The molecule has 0 radical (unpaired) electrons. The summed E-state index contributed by atoms with van der Waals surface area (Å²) in [6.07, 6.45) is 9.39. The van der Waals surface area contributed by atoms with Gasteiger partial charge in [0, 0.05) is 31.3 Å². The zero-order chi connectivity index (χ0) is 22.8. The van der Waals surface area contributed by atoms with E-state index in [4.69, 9.17) is 9.97 Å². The number of nitrogens with one attached hydrogen (secondary N) is 1. The molecule has 1 saturated carbocycles. The standard InChI is InChI=1S/C25H29FN6O/c1-16-20(29-21-9-4-17(26)14-22(21)27-16)10-11-23-30-24(28-18-5-7-19(33)8-6-18)15-25(31-23)32-12-2-3-13-32/h4,9-11,14-15,18-19,33H,2-3,5-8,12-13H2,1H3,(H,28,30,31). The van der Waals surface area contributed by atoms with Gasteiger partial charge in [0.15, 0.2) is 5.82 Å². The molecule has 172 valence electrons. The molecule has 1 aliphatic heterocycles. The first kappa shape index (κ1) is 21.7. The SMILES string of the molecule is Cc1nc2cc(F)ccc2nc1C=Cc1nc(NC2CCC(O)CC2)cc(N2CCCC2)n1. The monoisotopic (exact) mass is 448 g/mol. The number of hydrogen-bond donors (Lipinski definition) is 2. The van der Waals surface area contributed by atoms with Gasteiger partial charge in [-0.3, -0.25) is 0 Å². The number of benzene rings is 1. The Kier molecular flexibility index (Phi) is 6.17. The number of halogens is 1. The molecule has 7 nitrogen and oxygen atoms in total.